The van der Waals surface area contributed by atoms with Crippen molar-refractivity contribution in [3.8, 4) is 11.6 Å². The van der Waals surface area contributed by atoms with Crippen LogP contribution < -0.4 is 15.4 Å². The summed E-state index contributed by atoms with van der Waals surface area (Å²) in [6, 6.07) is 11.5. The molecular weight excluding hydrogens is 359 g/mol. The maximum Gasteiger partial charge on any atom is 0.253 e. The number of pyridine rings is 2. The van der Waals surface area contributed by atoms with Gasteiger partial charge >= 0.3 is 0 Å². The average Bonchev–Trinajstić information content (AvgIpc) is 2.73. The van der Waals surface area contributed by atoms with Crippen molar-refractivity contribution in [1.29, 1.82) is 0 Å². The Morgan fingerprint density at radius 2 is 2.11 bits per heavy atom. The predicted molar refractivity (Wildman–Crippen MR) is 102 cm³/mol. The maximum atomic E-state index is 13.7. The van der Waals surface area contributed by atoms with Gasteiger partial charge in [0.05, 0.1) is 11.3 Å². The largest absolute Gasteiger partial charge is 0.436 e. The van der Waals surface area contributed by atoms with Crippen LogP contribution in [0.5, 0.6) is 11.6 Å². The van der Waals surface area contributed by atoms with Gasteiger partial charge in [-0.25, -0.2) is 9.37 Å². The minimum atomic E-state index is -0.460. The molecule has 2 N–H and O–H groups in total. The van der Waals surface area contributed by atoms with Crippen molar-refractivity contribution < 1.29 is 13.9 Å². The lowest BCUT2D eigenvalue weighted by Crippen LogP contribution is -2.27. The maximum absolute atomic E-state index is 13.7. The average molecular weight is 378 g/mol. The summed E-state index contributed by atoms with van der Waals surface area (Å²) in [6.45, 7) is 1.92. The number of carbonyl (C=O) groups is 1. The van der Waals surface area contributed by atoms with Crippen molar-refractivity contribution >= 4 is 5.91 Å². The zero-order valence-corrected chi connectivity index (χ0v) is 15.1. The lowest BCUT2D eigenvalue weighted by Gasteiger charge is -2.16. The van der Waals surface area contributed by atoms with Crippen molar-refractivity contribution in [1.82, 2.24) is 20.6 Å². The van der Waals surface area contributed by atoms with E-state index in [2.05, 4.69) is 20.6 Å². The van der Waals surface area contributed by atoms with E-state index in [-0.39, 0.29) is 17.5 Å². The summed E-state index contributed by atoms with van der Waals surface area (Å²) < 4.78 is 19.2. The zero-order chi connectivity index (χ0) is 19.3. The highest BCUT2D eigenvalue weighted by Crippen LogP contribution is 2.23. The van der Waals surface area contributed by atoms with Gasteiger partial charge in [-0.2, -0.15) is 0 Å². The van der Waals surface area contributed by atoms with Crippen LogP contribution in [0.3, 0.4) is 0 Å². The first kappa shape index (κ1) is 18.1. The molecule has 0 unspecified atom stereocenters. The number of benzene rings is 1. The van der Waals surface area contributed by atoms with E-state index in [0.29, 0.717) is 12.1 Å². The number of fused-ring (bicyclic) bond motifs is 1. The number of ether oxygens (including phenoxy) is 1. The fraction of sp³-hybridized carbons (Fsp3) is 0.190. The van der Waals surface area contributed by atoms with Gasteiger partial charge in [-0.1, -0.05) is 12.1 Å². The van der Waals surface area contributed by atoms with Gasteiger partial charge in [-0.15, -0.1) is 0 Å². The van der Waals surface area contributed by atoms with Gasteiger partial charge < -0.3 is 15.4 Å². The number of hydrogen-bond donors (Lipinski definition) is 2. The number of hydrogen-bond acceptors (Lipinski definition) is 5. The van der Waals surface area contributed by atoms with Gasteiger partial charge in [0.2, 0.25) is 5.88 Å². The molecule has 0 fully saturated rings. The minimum Gasteiger partial charge on any atom is -0.436 e. The molecule has 28 heavy (non-hydrogen) atoms. The number of amides is 1. The zero-order valence-electron chi connectivity index (χ0n) is 15.1. The molecule has 4 rings (SSSR count). The molecule has 0 radical (unpaired) electrons. The minimum absolute atomic E-state index is 0.103. The fourth-order valence-electron chi connectivity index (χ4n) is 3.01. The molecule has 0 spiro atoms. The Balaban J connectivity index is 1.41. The SMILES string of the molecule is O=C(NCc1ccnc(Oc2ccccc2F)c1)c1cnc2c(c1)CCNC2. The third kappa shape index (κ3) is 4.15. The molecule has 2 aromatic heterocycles. The third-order valence-electron chi connectivity index (χ3n) is 4.49. The number of para-hydroxylation sites is 1. The van der Waals surface area contributed by atoms with Gasteiger partial charge in [0.15, 0.2) is 11.6 Å². The summed E-state index contributed by atoms with van der Waals surface area (Å²) in [5.41, 5.74) is 3.44. The summed E-state index contributed by atoms with van der Waals surface area (Å²) >= 11 is 0. The monoisotopic (exact) mass is 378 g/mol. The lowest BCUT2D eigenvalue weighted by molar-refractivity contribution is 0.0950. The van der Waals surface area contributed by atoms with Crippen LogP contribution in [-0.2, 0) is 19.5 Å². The van der Waals surface area contributed by atoms with Gasteiger partial charge in [0.25, 0.3) is 5.91 Å². The van der Waals surface area contributed by atoms with Gasteiger partial charge in [0, 0.05) is 31.5 Å². The van der Waals surface area contributed by atoms with Crippen LogP contribution in [0.2, 0.25) is 0 Å². The molecule has 1 aliphatic heterocycles. The summed E-state index contributed by atoms with van der Waals surface area (Å²) in [4.78, 5) is 20.9. The Morgan fingerprint density at radius 3 is 3.00 bits per heavy atom. The van der Waals surface area contributed by atoms with E-state index in [9.17, 15) is 9.18 Å². The number of rotatable bonds is 5. The van der Waals surface area contributed by atoms with E-state index in [1.54, 1.807) is 36.7 Å². The van der Waals surface area contributed by atoms with Crippen LogP contribution in [0.1, 0.15) is 27.2 Å². The number of nitrogens with one attached hydrogen (secondary N) is 2. The third-order valence-corrected chi connectivity index (χ3v) is 4.49. The predicted octanol–water partition coefficient (Wildman–Crippen LogP) is 2.98. The summed E-state index contributed by atoms with van der Waals surface area (Å²) in [7, 11) is 0. The van der Waals surface area contributed by atoms with E-state index in [1.807, 2.05) is 6.07 Å². The molecule has 6 nitrogen and oxygen atoms in total. The first-order valence-corrected chi connectivity index (χ1v) is 9.03. The molecule has 7 heteroatoms. The number of nitrogens with zero attached hydrogens (tertiary/aromatic N) is 2. The Morgan fingerprint density at radius 1 is 1.21 bits per heavy atom. The van der Waals surface area contributed by atoms with E-state index >= 15 is 0 Å². The molecule has 3 heterocycles. The quantitative estimate of drug-likeness (QED) is 0.714. The number of halogens is 1. The second-order valence-corrected chi connectivity index (χ2v) is 6.47. The Kier molecular flexibility index (Phi) is 5.25. The second kappa shape index (κ2) is 8.14. The van der Waals surface area contributed by atoms with E-state index in [1.165, 1.54) is 12.1 Å². The smallest absolute Gasteiger partial charge is 0.253 e. The van der Waals surface area contributed by atoms with Gasteiger partial charge in [-0.3, -0.25) is 9.78 Å². The van der Waals surface area contributed by atoms with Crippen molar-refractivity contribution in [3.63, 3.8) is 0 Å². The Bertz CT molecular complexity index is 1010. The highest BCUT2D eigenvalue weighted by molar-refractivity contribution is 5.94. The normalized spacial score (nSPS) is 12.9. The highest BCUT2D eigenvalue weighted by Gasteiger charge is 2.14. The lowest BCUT2D eigenvalue weighted by atomic mass is 10.0. The number of aromatic nitrogens is 2. The van der Waals surface area contributed by atoms with Crippen LogP contribution in [0.15, 0.2) is 54.9 Å². The van der Waals surface area contributed by atoms with Gasteiger partial charge in [0.1, 0.15) is 0 Å². The van der Waals surface area contributed by atoms with E-state index in [4.69, 9.17) is 4.74 Å². The van der Waals surface area contributed by atoms with E-state index < -0.39 is 5.82 Å². The molecule has 0 bridgehead atoms. The van der Waals surface area contributed by atoms with Crippen molar-refractivity contribution in [2.75, 3.05) is 6.54 Å². The molecule has 0 aliphatic carbocycles. The van der Waals surface area contributed by atoms with Crippen LogP contribution in [-0.4, -0.2) is 22.4 Å². The fourth-order valence-corrected chi connectivity index (χ4v) is 3.01. The van der Waals surface area contributed by atoms with Crippen LogP contribution in [0, 0.1) is 5.82 Å². The molecular formula is C21H19FN4O2. The van der Waals surface area contributed by atoms with Crippen LogP contribution in [0.4, 0.5) is 4.39 Å². The van der Waals surface area contributed by atoms with Gasteiger partial charge in [-0.05, 0) is 48.4 Å². The van der Waals surface area contributed by atoms with Crippen molar-refractivity contribution in [3.05, 3.63) is 83.1 Å². The summed E-state index contributed by atoms with van der Waals surface area (Å²) in [5, 5.41) is 6.13. The van der Waals surface area contributed by atoms with Crippen molar-refractivity contribution in [2.24, 2.45) is 0 Å². The molecule has 0 saturated carbocycles. The first-order chi connectivity index (χ1) is 13.7. The van der Waals surface area contributed by atoms with Crippen molar-refractivity contribution in [2.45, 2.75) is 19.5 Å². The summed E-state index contributed by atoms with van der Waals surface area (Å²) in [6.07, 6.45) is 4.02. The second-order valence-electron chi connectivity index (χ2n) is 6.47. The van der Waals surface area contributed by atoms with E-state index in [0.717, 1.165) is 36.3 Å². The highest BCUT2D eigenvalue weighted by atomic mass is 19.1. The molecule has 0 atom stereocenters. The number of carbonyl (C=O) groups excluding carboxylic acids is 1. The molecule has 142 valence electrons. The van der Waals surface area contributed by atoms with Crippen LogP contribution in [0.25, 0.3) is 0 Å². The Labute approximate surface area is 161 Å². The molecule has 1 amide bonds. The molecule has 0 saturated heterocycles. The Hall–Kier alpha value is -3.32. The first-order valence-electron chi connectivity index (χ1n) is 9.03. The summed E-state index contributed by atoms with van der Waals surface area (Å²) in [5.74, 6) is -0.286. The standard InChI is InChI=1S/C21H19FN4O2/c22-17-3-1-2-4-19(17)28-20-9-14(5-8-24-20)11-26-21(27)16-10-15-6-7-23-13-18(15)25-12-16/h1-5,8-10,12,23H,6-7,11,13H2,(H,26,27). The topological polar surface area (TPSA) is 76.1 Å². The molecule has 1 aliphatic rings. The molecule has 3 aromatic rings. The van der Waals surface area contributed by atoms with Crippen LogP contribution >= 0.6 is 0 Å². The molecule has 1 aromatic carbocycles.